The Morgan fingerprint density at radius 1 is 0.433 bits per heavy atom. The number of allylic oxidation sites excluding steroid dienone is 2. The maximum atomic E-state index is 12.8. The molecule has 0 aliphatic heterocycles. The molecule has 14 heteroatoms. The molecule has 0 unspecified atom stereocenters. The van der Waals surface area contributed by atoms with E-state index in [9.17, 15) is 28.8 Å². The molecule has 0 amide bonds. The molecule has 0 N–H and O–H groups in total. The fourth-order valence-electron chi connectivity index (χ4n) is 7.38. The van der Waals surface area contributed by atoms with Crippen LogP contribution in [0.15, 0.2) is 24.3 Å². The number of quaternary nitrogens is 2. The molecular formula is C53H96N2O12+2. The first kappa shape index (κ1) is 63.2. The Hall–Kier alpha value is -3.78. The minimum Gasteiger partial charge on any atom is -0.460 e. The maximum Gasteiger partial charge on any atom is 0.362 e. The summed E-state index contributed by atoms with van der Waals surface area (Å²) in [5.41, 5.74) is 0. The highest BCUT2D eigenvalue weighted by Gasteiger charge is 2.25. The van der Waals surface area contributed by atoms with Crippen molar-refractivity contribution in [1.29, 1.82) is 0 Å². The van der Waals surface area contributed by atoms with Crippen LogP contribution in [0.3, 0.4) is 0 Å². The van der Waals surface area contributed by atoms with Crippen LogP contribution in [-0.4, -0.2) is 131 Å². The summed E-state index contributed by atoms with van der Waals surface area (Å²) in [4.78, 5) is 72.0. The number of carbonyl (C=O) groups is 6. The van der Waals surface area contributed by atoms with Gasteiger partial charge in [0.15, 0.2) is 13.1 Å². The van der Waals surface area contributed by atoms with Crippen LogP contribution in [0.5, 0.6) is 0 Å². The van der Waals surface area contributed by atoms with E-state index in [2.05, 4.69) is 38.2 Å². The van der Waals surface area contributed by atoms with Gasteiger partial charge in [0.05, 0.1) is 28.2 Å². The molecule has 0 spiro atoms. The van der Waals surface area contributed by atoms with Gasteiger partial charge in [0.25, 0.3) is 0 Å². The second-order valence-electron chi connectivity index (χ2n) is 19.4. The molecular weight excluding hydrogens is 857 g/mol. The number of esters is 6. The van der Waals surface area contributed by atoms with Crippen molar-refractivity contribution in [3.63, 3.8) is 0 Å². The van der Waals surface area contributed by atoms with Crippen molar-refractivity contribution in [3.8, 4) is 0 Å². The third-order valence-electron chi connectivity index (χ3n) is 11.5. The zero-order valence-electron chi connectivity index (χ0n) is 43.6. The van der Waals surface area contributed by atoms with Gasteiger partial charge < -0.3 is 37.4 Å². The van der Waals surface area contributed by atoms with Gasteiger partial charge in [-0.3, -0.25) is 19.2 Å². The number of likely N-dealkylation sites (N-methyl/N-ethyl adjacent to an activating group) is 2. The zero-order chi connectivity index (χ0) is 50.0. The van der Waals surface area contributed by atoms with Crippen molar-refractivity contribution in [2.24, 2.45) is 0 Å². The van der Waals surface area contributed by atoms with Gasteiger partial charge in [-0.2, -0.15) is 0 Å². The van der Waals surface area contributed by atoms with E-state index in [0.717, 1.165) is 128 Å². The lowest BCUT2D eigenvalue weighted by molar-refractivity contribution is -0.883. The summed E-state index contributed by atoms with van der Waals surface area (Å²) in [6.07, 6.45) is 32.5. The van der Waals surface area contributed by atoms with Crippen molar-refractivity contribution in [1.82, 2.24) is 0 Å². The molecule has 388 valence electrons. The summed E-state index contributed by atoms with van der Waals surface area (Å²) in [5, 5.41) is 0. The van der Waals surface area contributed by atoms with Gasteiger partial charge in [0.2, 0.25) is 6.79 Å². The zero-order valence-corrected chi connectivity index (χ0v) is 43.6. The topological polar surface area (TPSA) is 158 Å². The van der Waals surface area contributed by atoms with Gasteiger partial charge in [-0.1, -0.05) is 115 Å². The van der Waals surface area contributed by atoms with Crippen molar-refractivity contribution >= 4 is 35.8 Å². The molecule has 0 aliphatic carbocycles. The highest BCUT2D eigenvalue weighted by atomic mass is 16.7. The third-order valence-corrected chi connectivity index (χ3v) is 11.5. The number of hydrogen-bond donors (Lipinski definition) is 0. The van der Waals surface area contributed by atoms with Gasteiger partial charge in [-0.15, -0.1) is 0 Å². The molecule has 14 nitrogen and oxygen atoms in total. The standard InChI is InChI=1S/C53H96N2O12/c1-9-11-13-27-33-48(66-52(60)43-54(5,6)39-41-62-46(3)56)35-29-23-19-15-17-21-25-31-37-50(58)64-45-65-51(59)38-32-26-22-18-16-20-24-30-36-49(34-28-14-12-10-2)67-53(61)44-55(7,8)40-42-63-47(4)57/h23-24,29-30,48-49H,9-22,25-28,31-45H2,1-8H3/q+2/b29-23-,30-24-/t48-,49+. The number of unbranched alkanes of at least 4 members (excludes halogenated alkanes) is 16. The highest BCUT2D eigenvalue weighted by Crippen LogP contribution is 2.17. The molecule has 0 saturated carbocycles. The first-order valence-electron chi connectivity index (χ1n) is 25.9. The van der Waals surface area contributed by atoms with Crippen LogP contribution >= 0.6 is 0 Å². The molecule has 0 aromatic carbocycles. The van der Waals surface area contributed by atoms with Crippen LogP contribution in [-0.2, 0) is 57.2 Å². The van der Waals surface area contributed by atoms with Crippen LogP contribution in [0, 0.1) is 0 Å². The van der Waals surface area contributed by atoms with Crippen molar-refractivity contribution in [2.75, 3.05) is 74.4 Å². The number of ether oxygens (including phenoxy) is 6. The molecule has 0 aliphatic rings. The maximum absolute atomic E-state index is 12.8. The molecule has 0 bridgehead atoms. The molecule has 0 radical (unpaired) electrons. The van der Waals surface area contributed by atoms with E-state index in [4.69, 9.17) is 28.4 Å². The van der Waals surface area contributed by atoms with E-state index in [-0.39, 0.29) is 81.1 Å². The average Bonchev–Trinajstić information content (AvgIpc) is 3.23. The van der Waals surface area contributed by atoms with Crippen LogP contribution in [0.1, 0.15) is 195 Å². The molecule has 0 fully saturated rings. The summed E-state index contributed by atoms with van der Waals surface area (Å²) in [5.74, 6) is -1.81. The van der Waals surface area contributed by atoms with Crippen LogP contribution in [0.4, 0.5) is 0 Å². The molecule has 0 aromatic rings. The second-order valence-corrected chi connectivity index (χ2v) is 19.4. The lowest BCUT2D eigenvalue weighted by Gasteiger charge is -2.29. The Bertz CT molecular complexity index is 1290. The molecule has 67 heavy (non-hydrogen) atoms. The summed E-state index contributed by atoms with van der Waals surface area (Å²) in [7, 11) is 7.72. The largest absolute Gasteiger partial charge is 0.460 e. The van der Waals surface area contributed by atoms with E-state index in [1.54, 1.807) is 0 Å². The molecule has 0 rings (SSSR count). The van der Waals surface area contributed by atoms with Crippen LogP contribution in [0.2, 0.25) is 0 Å². The van der Waals surface area contributed by atoms with Gasteiger partial charge in [-0.25, -0.2) is 9.59 Å². The fraction of sp³-hybridized carbons (Fsp3) is 0.811. The molecule has 0 aromatic heterocycles. The normalized spacial score (nSPS) is 12.8. The molecule has 0 heterocycles. The average molecular weight is 953 g/mol. The fourth-order valence-corrected chi connectivity index (χ4v) is 7.38. The van der Waals surface area contributed by atoms with Crippen molar-refractivity contribution in [2.45, 2.75) is 207 Å². The first-order chi connectivity index (χ1) is 32.0. The summed E-state index contributed by atoms with van der Waals surface area (Å²) in [6.45, 7) is 8.84. The van der Waals surface area contributed by atoms with Crippen LogP contribution < -0.4 is 0 Å². The number of nitrogens with zero attached hydrogens (tertiary/aromatic N) is 2. The SMILES string of the molecule is CCCCCC[C@@H](C/C=C\CCCCCCCC(=O)OCOC(=O)CCCCCCC/C=C\C[C@@H](CCCCCC)OC(=O)C[N+](C)(C)CCOC(C)=O)OC(=O)C[N+](C)(C)CCOC(C)=O. The number of rotatable bonds is 44. The van der Waals surface area contributed by atoms with E-state index in [1.807, 2.05) is 28.2 Å². The van der Waals surface area contributed by atoms with E-state index in [0.29, 0.717) is 47.7 Å². The number of hydrogen-bond acceptors (Lipinski definition) is 12. The summed E-state index contributed by atoms with van der Waals surface area (Å²) >= 11 is 0. The summed E-state index contributed by atoms with van der Waals surface area (Å²) in [6, 6.07) is 0. The predicted octanol–water partition coefficient (Wildman–Crippen LogP) is 10.4. The van der Waals surface area contributed by atoms with Gasteiger partial charge in [-0.05, 0) is 64.2 Å². The van der Waals surface area contributed by atoms with Gasteiger partial charge in [0.1, 0.15) is 38.5 Å². The quantitative estimate of drug-likeness (QED) is 0.0142. The lowest BCUT2D eigenvalue weighted by Crippen LogP contribution is -2.47. The highest BCUT2D eigenvalue weighted by molar-refractivity contribution is 5.72. The summed E-state index contributed by atoms with van der Waals surface area (Å²) < 4.78 is 32.9. The van der Waals surface area contributed by atoms with E-state index >= 15 is 0 Å². The Balaban J connectivity index is 4.15. The smallest absolute Gasteiger partial charge is 0.362 e. The molecule has 0 saturated heterocycles. The van der Waals surface area contributed by atoms with E-state index < -0.39 is 0 Å². The Labute approximate surface area is 406 Å². The Morgan fingerprint density at radius 2 is 0.791 bits per heavy atom. The van der Waals surface area contributed by atoms with E-state index in [1.165, 1.54) is 26.7 Å². The minimum absolute atomic E-state index is 0.144. The predicted molar refractivity (Wildman–Crippen MR) is 263 cm³/mol. The Morgan fingerprint density at radius 3 is 1.16 bits per heavy atom. The van der Waals surface area contributed by atoms with Gasteiger partial charge >= 0.3 is 35.8 Å². The Kier molecular flexibility index (Phi) is 38.9. The molecule has 2 atom stereocenters. The minimum atomic E-state index is -0.351. The number of carbonyl (C=O) groups excluding carboxylic acids is 6. The lowest BCUT2D eigenvalue weighted by atomic mass is 10.1. The second kappa shape index (κ2) is 41.2. The van der Waals surface area contributed by atoms with Crippen molar-refractivity contribution < 1.29 is 66.2 Å². The monoisotopic (exact) mass is 953 g/mol. The van der Waals surface area contributed by atoms with Crippen molar-refractivity contribution in [3.05, 3.63) is 24.3 Å². The third kappa shape index (κ3) is 43.3. The van der Waals surface area contributed by atoms with Gasteiger partial charge in [0, 0.05) is 39.5 Å². The van der Waals surface area contributed by atoms with Crippen LogP contribution in [0.25, 0.3) is 0 Å². The first-order valence-corrected chi connectivity index (χ1v) is 25.9.